The van der Waals surface area contributed by atoms with Gasteiger partial charge in [-0.15, -0.1) is 0 Å². The summed E-state index contributed by atoms with van der Waals surface area (Å²) in [4.78, 5) is 27.4. The molecular formula is C21H27N3O3. The van der Waals surface area contributed by atoms with Crippen molar-refractivity contribution in [2.24, 2.45) is 0 Å². The number of nitrogens with zero attached hydrogens (tertiary/aromatic N) is 1. The van der Waals surface area contributed by atoms with Gasteiger partial charge in [0.25, 0.3) is 11.8 Å². The van der Waals surface area contributed by atoms with Crippen LogP contribution in [0.5, 0.6) is 0 Å². The molecule has 3 rings (SSSR count). The number of benzene rings is 1. The second kappa shape index (κ2) is 8.75. The molecule has 0 spiro atoms. The van der Waals surface area contributed by atoms with Crippen LogP contribution in [0.15, 0.2) is 41.0 Å². The average molecular weight is 369 g/mol. The Hall–Kier alpha value is -2.76. The fraction of sp³-hybridized carbons (Fsp3) is 0.429. The number of anilines is 2. The minimum absolute atomic E-state index is 0.0908. The molecule has 2 N–H and O–H groups in total. The number of rotatable bonds is 6. The highest BCUT2D eigenvalue weighted by molar-refractivity contribution is 6.05. The maximum Gasteiger partial charge on any atom is 0.291 e. The molecule has 2 amide bonds. The van der Waals surface area contributed by atoms with Crippen LogP contribution in [0.25, 0.3) is 0 Å². The van der Waals surface area contributed by atoms with Gasteiger partial charge in [0.2, 0.25) is 0 Å². The van der Waals surface area contributed by atoms with Crippen molar-refractivity contribution in [1.29, 1.82) is 0 Å². The van der Waals surface area contributed by atoms with Crippen LogP contribution in [-0.2, 0) is 0 Å². The average Bonchev–Trinajstić information content (AvgIpc) is 3.23. The van der Waals surface area contributed by atoms with Gasteiger partial charge in [0, 0.05) is 30.5 Å². The number of hydrogen-bond donors (Lipinski definition) is 2. The summed E-state index contributed by atoms with van der Waals surface area (Å²) in [5.41, 5.74) is 2.09. The van der Waals surface area contributed by atoms with Crippen LogP contribution < -0.4 is 15.5 Å². The lowest BCUT2D eigenvalue weighted by molar-refractivity contribution is 0.0938. The first kappa shape index (κ1) is 19.0. The van der Waals surface area contributed by atoms with Crippen LogP contribution in [-0.4, -0.2) is 30.9 Å². The SMILES string of the molecule is CCC(C)NC(=O)c1cc(NC(=O)c2ccco2)ccc1N1CCCCC1. The van der Waals surface area contributed by atoms with Crippen molar-refractivity contribution in [3.63, 3.8) is 0 Å². The molecule has 1 aliphatic rings. The van der Waals surface area contributed by atoms with Gasteiger partial charge in [-0.25, -0.2) is 0 Å². The highest BCUT2D eigenvalue weighted by atomic mass is 16.3. The van der Waals surface area contributed by atoms with Gasteiger partial charge in [-0.2, -0.15) is 0 Å². The molecule has 1 aromatic heterocycles. The summed E-state index contributed by atoms with van der Waals surface area (Å²) in [6.45, 7) is 5.92. The summed E-state index contributed by atoms with van der Waals surface area (Å²) in [6, 6.07) is 8.88. The molecule has 27 heavy (non-hydrogen) atoms. The summed E-state index contributed by atoms with van der Waals surface area (Å²) in [5, 5.41) is 5.84. The van der Waals surface area contributed by atoms with E-state index in [-0.39, 0.29) is 23.6 Å². The van der Waals surface area contributed by atoms with Crippen molar-refractivity contribution < 1.29 is 14.0 Å². The Morgan fingerprint density at radius 3 is 2.59 bits per heavy atom. The second-order valence-corrected chi connectivity index (χ2v) is 6.99. The molecule has 144 valence electrons. The van der Waals surface area contributed by atoms with E-state index in [4.69, 9.17) is 4.42 Å². The molecule has 1 aromatic carbocycles. The van der Waals surface area contributed by atoms with E-state index in [1.54, 1.807) is 18.2 Å². The maximum absolute atomic E-state index is 12.9. The Bertz CT molecular complexity index is 780. The topological polar surface area (TPSA) is 74.6 Å². The molecule has 1 aliphatic heterocycles. The Balaban J connectivity index is 1.87. The Morgan fingerprint density at radius 2 is 1.93 bits per heavy atom. The third-order valence-corrected chi connectivity index (χ3v) is 4.93. The fourth-order valence-electron chi connectivity index (χ4n) is 3.21. The third kappa shape index (κ3) is 4.70. The monoisotopic (exact) mass is 369 g/mol. The molecule has 6 nitrogen and oxygen atoms in total. The van der Waals surface area contributed by atoms with Gasteiger partial charge < -0.3 is 20.0 Å². The summed E-state index contributed by atoms with van der Waals surface area (Å²) in [5.74, 6) is -0.209. The molecule has 2 aromatic rings. The van der Waals surface area contributed by atoms with Crippen molar-refractivity contribution in [3.8, 4) is 0 Å². The second-order valence-electron chi connectivity index (χ2n) is 6.99. The standard InChI is InChI=1S/C21H27N3O3/c1-3-15(2)22-20(25)17-14-16(23-21(26)19-8-7-13-27-19)9-10-18(17)24-11-5-4-6-12-24/h7-10,13-15H,3-6,11-12H2,1-2H3,(H,22,25)(H,23,26). The largest absolute Gasteiger partial charge is 0.459 e. The molecule has 1 saturated heterocycles. The number of amides is 2. The zero-order valence-electron chi connectivity index (χ0n) is 16.0. The van der Waals surface area contributed by atoms with Gasteiger partial charge in [0.05, 0.1) is 11.8 Å². The Kier molecular flexibility index (Phi) is 6.16. The number of carbonyl (C=O) groups is 2. The molecule has 0 saturated carbocycles. The van der Waals surface area contributed by atoms with Gasteiger partial charge in [-0.05, 0) is 62.9 Å². The van der Waals surface area contributed by atoms with Crippen LogP contribution in [0, 0.1) is 0 Å². The van der Waals surface area contributed by atoms with E-state index in [9.17, 15) is 9.59 Å². The molecule has 1 fully saturated rings. The number of carbonyl (C=O) groups excluding carboxylic acids is 2. The molecule has 0 radical (unpaired) electrons. The van der Waals surface area contributed by atoms with E-state index >= 15 is 0 Å². The van der Waals surface area contributed by atoms with E-state index < -0.39 is 0 Å². The van der Waals surface area contributed by atoms with Crippen molar-refractivity contribution in [2.75, 3.05) is 23.3 Å². The molecule has 2 heterocycles. The molecule has 1 unspecified atom stereocenters. The van der Waals surface area contributed by atoms with Gasteiger partial charge in [-0.3, -0.25) is 9.59 Å². The summed E-state index contributed by atoms with van der Waals surface area (Å²) in [6.07, 6.45) is 5.80. The lowest BCUT2D eigenvalue weighted by Crippen LogP contribution is -2.35. The smallest absolute Gasteiger partial charge is 0.291 e. The van der Waals surface area contributed by atoms with Gasteiger partial charge in [0.15, 0.2) is 5.76 Å². The van der Waals surface area contributed by atoms with Gasteiger partial charge >= 0.3 is 0 Å². The Morgan fingerprint density at radius 1 is 1.15 bits per heavy atom. The highest BCUT2D eigenvalue weighted by Crippen LogP contribution is 2.27. The highest BCUT2D eigenvalue weighted by Gasteiger charge is 2.21. The minimum Gasteiger partial charge on any atom is -0.459 e. The number of hydrogen-bond acceptors (Lipinski definition) is 4. The summed E-state index contributed by atoms with van der Waals surface area (Å²) < 4.78 is 5.13. The molecule has 1 atom stereocenters. The first-order chi connectivity index (χ1) is 13.1. The summed E-state index contributed by atoms with van der Waals surface area (Å²) in [7, 11) is 0. The maximum atomic E-state index is 12.9. The number of furan rings is 1. The van der Waals surface area contributed by atoms with Gasteiger partial charge in [-0.1, -0.05) is 6.92 Å². The number of piperidine rings is 1. The molecule has 0 aliphatic carbocycles. The van der Waals surface area contributed by atoms with Crippen molar-refractivity contribution in [1.82, 2.24) is 5.32 Å². The normalized spacial score (nSPS) is 15.3. The van der Waals surface area contributed by atoms with E-state index in [1.807, 2.05) is 26.0 Å². The van der Waals surface area contributed by atoms with Crippen LogP contribution in [0.3, 0.4) is 0 Å². The van der Waals surface area contributed by atoms with E-state index in [2.05, 4.69) is 15.5 Å². The predicted octanol–water partition coefficient (Wildman–Crippen LogP) is 4.05. The fourth-order valence-corrected chi connectivity index (χ4v) is 3.21. The predicted molar refractivity (Wildman–Crippen MR) is 106 cm³/mol. The van der Waals surface area contributed by atoms with Crippen LogP contribution in [0.4, 0.5) is 11.4 Å². The van der Waals surface area contributed by atoms with Crippen molar-refractivity contribution in [2.45, 2.75) is 45.6 Å². The zero-order valence-corrected chi connectivity index (χ0v) is 16.0. The van der Waals surface area contributed by atoms with E-state index in [0.717, 1.165) is 38.0 Å². The lowest BCUT2D eigenvalue weighted by atomic mass is 10.1. The quantitative estimate of drug-likeness (QED) is 0.805. The molecule has 0 bridgehead atoms. The molecule has 6 heteroatoms. The number of nitrogens with one attached hydrogen (secondary N) is 2. The first-order valence-electron chi connectivity index (χ1n) is 9.63. The minimum atomic E-state index is -0.334. The van der Waals surface area contributed by atoms with Crippen LogP contribution >= 0.6 is 0 Å². The van der Waals surface area contributed by atoms with E-state index in [1.165, 1.54) is 12.7 Å². The van der Waals surface area contributed by atoms with Crippen molar-refractivity contribution in [3.05, 3.63) is 47.9 Å². The first-order valence-corrected chi connectivity index (χ1v) is 9.63. The zero-order chi connectivity index (χ0) is 19.2. The van der Waals surface area contributed by atoms with Gasteiger partial charge in [0.1, 0.15) is 0 Å². The van der Waals surface area contributed by atoms with Crippen molar-refractivity contribution >= 4 is 23.2 Å². The van der Waals surface area contributed by atoms with Crippen LogP contribution in [0.2, 0.25) is 0 Å². The third-order valence-electron chi connectivity index (χ3n) is 4.93. The Labute approximate surface area is 159 Å². The van der Waals surface area contributed by atoms with E-state index in [0.29, 0.717) is 11.3 Å². The molecular weight excluding hydrogens is 342 g/mol. The summed E-state index contributed by atoms with van der Waals surface area (Å²) >= 11 is 0. The van der Waals surface area contributed by atoms with Crippen LogP contribution in [0.1, 0.15) is 60.4 Å². The lowest BCUT2D eigenvalue weighted by Gasteiger charge is -2.30.